The minimum Gasteiger partial charge on any atom is -0.369 e. The van der Waals surface area contributed by atoms with Crippen molar-refractivity contribution in [3.8, 4) is 0 Å². The second-order valence-electron chi connectivity index (χ2n) is 8.00. The van der Waals surface area contributed by atoms with Crippen LogP contribution < -0.4 is 10.9 Å². The number of carbonyl (C=O) groups is 1. The molecule has 0 spiro atoms. The molecule has 4 rings (SSSR count). The maximum Gasteiger partial charge on any atom is 0.267 e. The summed E-state index contributed by atoms with van der Waals surface area (Å²) < 4.78 is 2.01. The van der Waals surface area contributed by atoms with E-state index in [0.29, 0.717) is 39.3 Å². The van der Waals surface area contributed by atoms with E-state index in [0.717, 1.165) is 30.4 Å². The summed E-state index contributed by atoms with van der Waals surface area (Å²) in [5, 5.41) is 3.31. The van der Waals surface area contributed by atoms with E-state index >= 15 is 0 Å². The van der Waals surface area contributed by atoms with Crippen LogP contribution in [0.3, 0.4) is 0 Å². The fraction of sp³-hybridized carbons (Fsp3) is 0.280. The highest BCUT2D eigenvalue weighted by molar-refractivity contribution is 8.26. The molecule has 1 aliphatic heterocycles. The number of nitrogens with one attached hydrogen (secondary N) is 1. The molecule has 1 aliphatic rings. The van der Waals surface area contributed by atoms with E-state index in [1.165, 1.54) is 16.2 Å². The monoisotopic (exact) mass is 478 g/mol. The highest BCUT2D eigenvalue weighted by Crippen LogP contribution is 2.34. The first kappa shape index (κ1) is 23.2. The molecular weight excluding hydrogens is 452 g/mol. The average Bonchev–Trinajstić information content (AvgIpc) is 3.07. The molecule has 2 aromatic heterocycles. The number of thiocarbonyl (C=S) groups is 1. The Labute approximate surface area is 202 Å². The van der Waals surface area contributed by atoms with Gasteiger partial charge in [-0.3, -0.25) is 18.9 Å². The van der Waals surface area contributed by atoms with Gasteiger partial charge in [0.2, 0.25) is 0 Å². The zero-order valence-electron chi connectivity index (χ0n) is 18.7. The van der Waals surface area contributed by atoms with Crippen LogP contribution >= 0.6 is 24.0 Å². The Bertz CT molecular complexity index is 1280. The third kappa shape index (κ3) is 5.17. The van der Waals surface area contributed by atoms with Crippen LogP contribution in [0.15, 0.2) is 58.4 Å². The van der Waals surface area contributed by atoms with Crippen LogP contribution in [0, 0.1) is 6.92 Å². The molecule has 0 aliphatic carbocycles. The first-order valence-corrected chi connectivity index (χ1v) is 12.3. The van der Waals surface area contributed by atoms with E-state index < -0.39 is 0 Å². The number of anilines is 1. The molecule has 170 valence electrons. The molecule has 1 amide bonds. The molecule has 0 saturated carbocycles. The largest absolute Gasteiger partial charge is 0.369 e. The average molecular weight is 479 g/mol. The molecule has 8 heteroatoms. The summed E-state index contributed by atoms with van der Waals surface area (Å²) in [4.78, 5) is 33.3. The van der Waals surface area contributed by atoms with Gasteiger partial charge in [-0.05, 0) is 36.6 Å². The van der Waals surface area contributed by atoms with Gasteiger partial charge >= 0.3 is 0 Å². The lowest BCUT2D eigenvalue weighted by atomic mass is 10.2. The summed E-state index contributed by atoms with van der Waals surface area (Å²) in [6.07, 6.45) is 6.57. The van der Waals surface area contributed by atoms with Gasteiger partial charge in [-0.15, -0.1) is 0 Å². The van der Waals surface area contributed by atoms with Gasteiger partial charge in [-0.1, -0.05) is 80.1 Å². The van der Waals surface area contributed by atoms with Crippen LogP contribution in [-0.2, 0) is 11.3 Å². The molecule has 6 nitrogen and oxygen atoms in total. The van der Waals surface area contributed by atoms with Crippen molar-refractivity contribution < 1.29 is 4.79 Å². The lowest BCUT2D eigenvalue weighted by Gasteiger charge is -2.14. The molecule has 1 fully saturated rings. The second-order valence-corrected chi connectivity index (χ2v) is 9.68. The fourth-order valence-corrected chi connectivity index (χ4v) is 4.88. The molecular formula is C25H26N4O2S2. The van der Waals surface area contributed by atoms with Crippen molar-refractivity contribution in [1.29, 1.82) is 0 Å². The Kier molecular flexibility index (Phi) is 7.25. The maximum atomic E-state index is 13.4. The van der Waals surface area contributed by atoms with Gasteiger partial charge in [-0.2, -0.15) is 0 Å². The van der Waals surface area contributed by atoms with Gasteiger partial charge in [-0.25, -0.2) is 4.98 Å². The number of thioether (sulfide) groups is 1. The number of hydrogen-bond donors (Lipinski definition) is 1. The highest BCUT2D eigenvalue weighted by Gasteiger charge is 2.32. The van der Waals surface area contributed by atoms with Gasteiger partial charge in [0, 0.05) is 12.7 Å². The van der Waals surface area contributed by atoms with Crippen molar-refractivity contribution in [2.24, 2.45) is 0 Å². The number of carbonyl (C=O) groups excluding carboxylic acids is 1. The number of rotatable bonds is 8. The van der Waals surface area contributed by atoms with Gasteiger partial charge in [0.25, 0.3) is 11.5 Å². The van der Waals surface area contributed by atoms with Crippen LogP contribution in [0.4, 0.5) is 5.82 Å². The van der Waals surface area contributed by atoms with Crippen LogP contribution in [0.2, 0.25) is 0 Å². The van der Waals surface area contributed by atoms with Crippen LogP contribution in [0.5, 0.6) is 0 Å². The lowest BCUT2D eigenvalue weighted by molar-refractivity contribution is -0.122. The first-order chi connectivity index (χ1) is 16.0. The summed E-state index contributed by atoms with van der Waals surface area (Å²) >= 11 is 6.70. The Morgan fingerprint density at radius 2 is 1.91 bits per heavy atom. The van der Waals surface area contributed by atoms with Gasteiger partial charge in [0.15, 0.2) is 0 Å². The summed E-state index contributed by atoms with van der Waals surface area (Å²) in [6, 6.07) is 13.5. The molecule has 0 unspecified atom stereocenters. The molecule has 0 radical (unpaired) electrons. The first-order valence-electron chi connectivity index (χ1n) is 11.0. The number of benzene rings is 1. The number of pyridine rings is 1. The van der Waals surface area contributed by atoms with E-state index in [1.54, 1.807) is 17.2 Å². The normalized spacial score (nSPS) is 15.1. The second kappa shape index (κ2) is 10.3. The fourth-order valence-electron chi connectivity index (χ4n) is 3.64. The standard InChI is InChI=1S/C25H26N4O2S2/c1-3-4-8-13-26-22-19(23(30)28-15-17(2)11-12-21(28)27-22)14-20-24(31)29(25(32)33-20)16-18-9-6-5-7-10-18/h5-7,9-12,14-15,26H,3-4,8,13,16H2,1-2H3/b20-14+. The molecule has 3 heterocycles. The van der Waals surface area contributed by atoms with Crippen LogP contribution in [0.25, 0.3) is 11.7 Å². The number of fused-ring (bicyclic) bond motifs is 1. The Morgan fingerprint density at radius 3 is 2.67 bits per heavy atom. The molecule has 1 saturated heterocycles. The number of aromatic nitrogens is 2. The Morgan fingerprint density at radius 1 is 1.12 bits per heavy atom. The number of amides is 1. The molecule has 33 heavy (non-hydrogen) atoms. The summed E-state index contributed by atoms with van der Waals surface area (Å²) in [6.45, 7) is 5.18. The van der Waals surface area contributed by atoms with Crippen molar-refractivity contribution in [3.63, 3.8) is 0 Å². The molecule has 1 N–H and O–H groups in total. The SMILES string of the molecule is CCCCCNc1nc2ccc(C)cn2c(=O)c1/C=C1/SC(=S)N(Cc2ccccc2)C1=O. The summed E-state index contributed by atoms with van der Waals surface area (Å²) in [5.41, 5.74) is 2.67. The molecule has 3 aromatic rings. The molecule has 0 atom stereocenters. The Balaban J connectivity index is 1.71. The van der Waals surface area contributed by atoms with Crippen LogP contribution in [-0.4, -0.2) is 31.1 Å². The van der Waals surface area contributed by atoms with Crippen LogP contribution in [0.1, 0.15) is 42.9 Å². The number of hydrogen-bond acceptors (Lipinski definition) is 6. The summed E-state index contributed by atoms with van der Waals surface area (Å²) in [7, 11) is 0. The quantitative estimate of drug-likeness (QED) is 0.279. The highest BCUT2D eigenvalue weighted by atomic mass is 32.2. The minimum atomic E-state index is -0.213. The van der Waals surface area contributed by atoms with E-state index in [9.17, 15) is 9.59 Å². The van der Waals surface area contributed by atoms with E-state index in [2.05, 4.69) is 17.2 Å². The third-order valence-corrected chi connectivity index (χ3v) is 6.79. The molecule has 0 bridgehead atoms. The number of nitrogens with zero attached hydrogens (tertiary/aromatic N) is 3. The molecule has 1 aromatic carbocycles. The van der Waals surface area contributed by atoms with Crippen molar-refractivity contribution >= 4 is 51.7 Å². The Hall–Kier alpha value is -2.97. The van der Waals surface area contributed by atoms with Crippen molar-refractivity contribution in [2.45, 2.75) is 39.7 Å². The predicted molar refractivity (Wildman–Crippen MR) is 139 cm³/mol. The van der Waals surface area contributed by atoms with Gasteiger partial charge in [0.1, 0.15) is 15.8 Å². The lowest BCUT2D eigenvalue weighted by Crippen LogP contribution is -2.27. The smallest absolute Gasteiger partial charge is 0.267 e. The van der Waals surface area contributed by atoms with Crippen molar-refractivity contribution in [2.75, 3.05) is 11.9 Å². The van der Waals surface area contributed by atoms with Crippen molar-refractivity contribution in [1.82, 2.24) is 14.3 Å². The van der Waals surface area contributed by atoms with Gasteiger partial charge in [0.05, 0.1) is 17.0 Å². The van der Waals surface area contributed by atoms with E-state index in [1.807, 2.05) is 49.4 Å². The predicted octanol–water partition coefficient (Wildman–Crippen LogP) is 5.01. The summed E-state index contributed by atoms with van der Waals surface area (Å²) in [5.74, 6) is 0.299. The topological polar surface area (TPSA) is 66.7 Å². The van der Waals surface area contributed by atoms with E-state index in [4.69, 9.17) is 12.2 Å². The zero-order chi connectivity index (χ0) is 23.4. The van der Waals surface area contributed by atoms with Gasteiger partial charge < -0.3 is 5.32 Å². The van der Waals surface area contributed by atoms with E-state index in [-0.39, 0.29) is 11.5 Å². The third-order valence-electron chi connectivity index (χ3n) is 5.41. The van der Waals surface area contributed by atoms with Crippen molar-refractivity contribution in [3.05, 3.63) is 80.6 Å². The number of unbranched alkanes of at least 4 members (excludes halogenated alkanes) is 2. The zero-order valence-corrected chi connectivity index (χ0v) is 20.3. The minimum absolute atomic E-state index is 0.195. The maximum absolute atomic E-state index is 13.4. The number of aryl methyl sites for hydroxylation is 1.